The first kappa shape index (κ1) is 28.2. The summed E-state index contributed by atoms with van der Waals surface area (Å²) < 4.78 is 1.48. The van der Waals surface area contributed by atoms with Gasteiger partial charge in [0.1, 0.15) is 11.7 Å². The second-order valence-electron chi connectivity index (χ2n) is 9.83. The summed E-state index contributed by atoms with van der Waals surface area (Å²) in [6.07, 6.45) is 4.57. The lowest BCUT2D eigenvalue weighted by Crippen LogP contribution is -2.44. The molecule has 0 spiro atoms. The maximum absolute atomic E-state index is 13.1. The third kappa shape index (κ3) is 7.58. The monoisotopic (exact) mass is 521 g/mol. The van der Waals surface area contributed by atoms with Crippen LogP contribution >= 0.6 is 0 Å². The average molecular weight is 522 g/mol. The second-order valence-corrected chi connectivity index (χ2v) is 9.83. The number of carbonyl (C=O) groups is 3. The third-order valence-corrected chi connectivity index (χ3v) is 5.99. The van der Waals surface area contributed by atoms with E-state index in [2.05, 4.69) is 35.5 Å². The predicted molar refractivity (Wildman–Crippen MR) is 147 cm³/mol. The minimum atomic E-state index is -1.36. The van der Waals surface area contributed by atoms with Crippen molar-refractivity contribution in [1.29, 1.82) is 0 Å². The molecule has 1 aromatic carbocycles. The van der Waals surface area contributed by atoms with Crippen LogP contribution in [0.2, 0.25) is 0 Å². The Balaban J connectivity index is 1.74. The van der Waals surface area contributed by atoms with Gasteiger partial charge in [-0.25, -0.2) is 4.79 Å². The summed E-state index contributed by atoms with van der Waals surface area (Å²) in [5.41, 5.74) is 2.73. The van der Waals surface area contributed by atoms with Gasteiger partial charge in [-0.2, -0.15) is 0 Å². The molecule has 3 rings (SSSR count). The minimum Gasteiger partial charge on any atom is -0.465 e. The number of aromatic amines is 1. The molecule has 0 aliphatic rings. The molecule has 10 nitrogen and oxygen atoms in total. The molecule has 0 bridgehead atoms. The average Bonchev–Trinajstić information content (AvgIpc) is 3.26. The number of nitrogens with zero attached hydrogens (tertiary/aromatic N) is 2. The zero-order chi connectivity index (χ0) is 27.8. The molecule has 3 aromatic rings. The molecule has 2 aromatic heterocycles. The van der Waals surface area contributed by atoms with E-state index in [1.165, 1.54) is 27.2 Å². The number of rotatable bonds is 11. The maximum Gasteiger partial charge on any atom is 0.405 e. The molecular weight excluding hydrogens is 486 g/mol. The van der Waals surface area contributed by atoms with Gasteiger partial charge in [-0.05, 0) is 61.1 Å². The molecule has 1 atom stereocenters. The predicted octanol–water partition coefficient (Wildman–Crippen LogP) is 3.58. The molecule has 202 valence electrons. The largest absolute Gasteiger partial charge is 0.465 e. The van der Waals surface area contributed by atoms with Gasteiger partial charge in [-0.3, -0.25) is 14.4 Å². The standard InChI is InChI=1S/C28H35N5O5/c1-18(2)15-19-9-7-11-22-21(19)16-20(29-22)17-33-14-8-12-24(27(33)36)30-26(35)23(31-28(37)38)10-5-6-13-25(34)32(3)4/h6-9,11-14,16,18,23,29,31H,5,10,15,17H2,1-4H3,(H,30,35)(H,37,38). The fourth-order valence-electron chi connectivity index (χ4n) is 4.15. The zero-order valence-corrected chi connectivity index (χ0v) is 22.2. The number of carbonyl (C=O) groups excluding carboxylic acids is 2. The first-order chi connectivity index (χ1) is 18.0. The van der Waals surface area contributed by atoms with Crippen LogP contribution in [-0.2, 0) is 22.6 Å². The van der Waals surface area contributed by atoms with Gasteiger partial charge in [0.15, 0.2) is 0 Å². The maximum atomic E-state index is 13.1. The van der Waals surface area contributed by atoms with E-state index >= 15 is 0 Å². The van der Waals surface area contributed by atoms with E-state index in [0.717, 1.165) is 23.0 Å². The third-order valence-electron chi connectivity index (χ3n) is 5.99. The number of carboxylic acid groups (broad SMARTS) is 1. The molecule has 10 heteroatoms. The van der Waals surface area contributed by atoms with E-state index in [1.54, 1.807) is 32.4 Å². The van der Waals surface area contributed by atoms with Gasteiger partial charge in [0.05, 0.1) is 6.54 Å². The SMILES string of the molecule is CC(C)Cc1cccc2[nH]c(Cn3cccc(NC(=O)C(CCC=CC(=O)N(C)C)NC(=O)O)c3=O)cc12. The van der Waals surface area contributed by atoms with Gasteiger partial charge >= 0.3 is 6.09 Å². The highest BCUT2D eigenvalue weighted by Crippen LogP contribution is 2.23. The van der Waals surface area contributed by atoms with Crippen LogP contribution in [0, 0.1) is 5.92 Å². The molecule has 38 heavy (non-hydrogen) atoms. The van der Waals surface area contributed by atoms with E-state index in [9.17, 15) is 19.2 Å². The van der Waals surface area contributed by atoms with Crippen LogP contribution in [0.3, 0.4) is 0 Å². The van der Waals surface area contributed by atoms with Crippen molar-refractivity contribution >= 4 is 34.5 Å². The van der Waals surface area contributed by atoms with Crippen LogP contribution in [0.25, 0.3) is 10.9 Å². The lowest BCUT2D eigenvalue weighted by molar-refractivity contribution is -0.123. The summed E-state index contributed by atoms with van der Waals surface area (Å²) in [6, 6.07) is 10.2. The summed E-state index contributed by atoms with van der Waals surface area (Å²) >= 11 is 0. The molecule has 4 N–H and O–H groups in total. The number of nitrogens with one attached hydrogen (secondary N) is 3. The van der Waals surface area contributed by atoms with E-state index in [0.29, 0.717) is 5.92 Å². The van der Waals surface area contributed by atoms with E-state index in [4.69, 9.17) is 5.11 Å². The number of benzene rings is 1. The van der Waals surface area contributed by atoms with Gasteiger partial charge in [-0.1, -0.05) is 32.1 Å². The fourth-order valence-corrected chi connectivity index (χ4v) is 4.15. The van der Waals surface area contributed by atoms with Crippen LogP contribution in [0.1, 0.15) is 37.9 Å². The minimum absolute atomic E-state index is 0.0459. The molecule has 1 unspecified atom stereocenters. The quantitative estimate of drug-likeness (QED) is 0.286. The first-order valence-corrected chi connectivity index (χ1v) is 12.5. The lowest BCUT2D eigenvalue weighted by atomic mass is 10.00. The van der Waals surface area contributed by atoms with E-state index in [1.807, 2.05) is 18.2 Å². The number of anilines is 1. The Morgan fingerprint density at radius 1 is 1.16 bits per heavy atom. The van der Waals surface area contributed by atoms with Crippen LogP contribution in [0.4, 0.5) is 10.5 Å². The summed E-state index contributed by atoms with van der Waals surface area (Å²) in [7, 11) is 3.23. The number of H-pyrrole nitrogens is 1. The number of fused-ring (bicyclic) bond motifs is 1. The molecule has 0 saturated heterocycles. The van der Waals surface area contributed by atoms with Crippen LogP contribution < -0.4 is 16.2 Å². The Bertz CT molecular complexity index is 1390. The first-order valence-electron chi connectivity index (χ1n) is 12.5. The van der Waals surface area contributed by atoms with Crippen molar-refractivity contribution in [3.63, 3.8) is 0 Å². The summed E-state index contributed by atoms with van der Waals surface area (Å²) in [5.74, 6) is -0.357. The van der Waals surface area contributed by atoms with E-state index in [-0.39, 0.29) is 31.0 Å². The van der Waals surface area contributed by atoms with Crippen LogP contribution in [-0.4, -0.2) is 57.6 Å². The van der Waals surface area contributed by atoms with Crippen molar-refractivity contribution in [2.24, 2.45) is 5.92 Å². The highest BCUT2D eigenvalue weighted by molar-refractivity contribution is 5.96. The highest BCUT2D eigenvalue weighted by atomic mass is 16.4. The summed E-state index contributed by atoms with van der Waals surface area (Å²) in [5, 5.41) is 15.0. The highest BCUT2D eigenvalue weighted by Gasteiger charge is 2.21. The zero-order valence-electron chi connectivity index (χ0n) is 22.2. The molecule has 0 fully saturated rings. The summed E-state index contributed by atoms with van der Waals surface area (Å²) in [6.45, 7) is 4.62. The van der Waals surface area contributed by atoms with Crippen molar-refractivity contribution in [2.75, 3.05) is 19.4 Å². The Kier molecular flexibility index (Phi) is 9.48. The smallest absolute Gasteiger partial charge is 0.405 e. The number of allylic oxidation sites excluding steroid dienone is 1. The Morgan fingerprint density at radius 2 is 1.92 bits per heavy atom. The van der Waals surface area contributed by atoms with Crippen LogP contribution in [0.15, 0.2) is 59.5 Å². The van der Waals surface area contributed by atoms with Crippen molar-refractivity contribution in [3.05, 3.63) is 76.4 Å². The van der Waals surface area contributed by atoms with Crippen LogP contribution in [0.5, 0.6) is 0 Å². The van der Waals surface area contributed by atoms with Crippen molar-refractivity contribution < 1.29 is 19.5 Å². The topological polar surface area (TPSA) is 137 Å². The molecule has 2 heterocycles. The van der Waals surface area contributed by atoms with Gasteiger partial charge in [-0.15, -0.1) is 0 Å². The van der Waals surface area contributed by atoms with Gasteiger partial charge in [0.2, 0.25) is 11.8 Å². The number of likely N-dealkylation sites (N-methyl/N-ethyl adjacent to an activating group) is 1. The Hall–Kier alpha value is -4.34. The second kappa shape index (κ2) is 12.8. The molecule has 3 amide bonds. The molecular formula is C28H35N5O5. The molecule has 0 aliphatic heterocycles. The van der Waals surface area contributed by atoms with Gasteiger partial charge < -0.3 is 30.2 Å². The van der Waals surface area contributed by atoms with Crippen molar-refractivity contribution in [2.45, 2.75) is 45.7 Å². The Morgan fingerprint density at radius 3 is 2.61 bits per heavy atom. The number of aromatic nitrogens is 2. The lowest BCUT2D eigenvalue weighted by Gasteiger charge is -2.16. The van der Waals surface area contributed by atoms with Gasteiger partial charge in [0, 0.05) is 36.9 Å². The van der Waals surface area contributed by atoms with Crippen molar-refractivity contribution in [1.82, 2.24) is 19.8 Å². The number of pyridine rings is 1. The number of hydrogen-bond acceptors (Lipinski definition) is 4. The fraction of sp³-hybridized carbons (Fsp3) is 0.357. The number of amides is 3. The van der Waals surface area contributed by atoms with Gasteiger partial charge in [0.25, 0.3) is 5.56 Å². The molecule has 0 saturated carbocycles. The molecule has 0 aliphatic carbocycles. The molecule has 0 radical (unpaired) electrons. The normalized spacial score (nSPS) is 12.1. The Labute approximate surface area is 221 Å². The van der Waals surface area contributed by atoms with Crippen molar-refractivity contribution in [3.8, 4) is 0 Å². The number of hydrogen-bond donors (Lipinski definition) is 4. The summed E-state index contributed by atoms with van der Waals surface area (Å²) in [4.78, 5) is 53.7. The van der Waals surface area contributed by atoms with E-state index < -0.39 is 23.6 Å².